The van der Waals surface area contributed by atoms with Crippen molar-refractivity contribution >= 4 is 11.2 Å². The number of rotatable bonds is 5. The van der Waals surface area contributed by atoms with Gasteiger partial charge in [-0.1, -0.05) is 0 Å². The molecule has 0 aliphatic carbocycles. The lowest BCUT2D eigenvalue weighted by molar-refractivity contribution is 0.140. The van der Waals surface area contributed by atoms with Crippen LogP contribution >= 0.6 is 0 Å². The van der Waals surface area contributed by atoms with Crippen molar-refractivity contribution in [3.05, 3.63) is 18.9 Å². The van der Waals surface area contributed by atoms with E-state index in [9.17, 15) is 0 Å². The Morgan fingerprint density at radius 1 is 1.25 bits per heavy atom. The van der Waals surface area contributed by atoms with Crippen molar-refractivity contribution in [3.8, 4) is 0 Å². The molecular formula is C10H14N4O2. The Morgan fingerprint density at radius 3 is 2.81 bits per heavy atom. The molecular weight excluding hydrogens is 208 g/mol. The van der Waals surface area contributed by atoms with E-state index in [1.54, 1.807) is 12.5 Å². The van der Waals surface area contributed by atoms with Gasteiger partial charge in [-0.2, -0.15) is 0 Å². The number of hydrogen-bond acceptors (Lipinski definition) is 5. The Balaban J connectivity index is 2.09. The first-order chi connectivity index (χ1) is 7.85. The van der Waals surface area contributed by atoms with Gasteiger partial charge in [0.1, 0.15) is 11.8 Å². The SMILES string of the molecule is OCC(CO)CCn1cnc2cncnc21. The number of aryl methyl sites for hydroxylation is 1. The number of hydrogen-bond donors (Lipinski definition) is 2. The molecule has 16 heavy (non-hydrogen) atoms. The van der Waals surface area contributed by atoms with Gasteiger partial charge in [0.25, 0.3) is 0 Å². The van der Waals surface area contributed by atoms with E-state index < -0.39 is 0 Å². The first-order valence-corrected chi connectivity index (χ1v) is 5.17. The molecule has 0 amide bonds. The second-order valence-corrected chi connectivity index (χ2v) is 3.69. The molecule has 0 spiro atoms. The van der Waals surface area contributed by atoms with Crippen molar-refractivity contribution in [2.75, 3.05) is 13.2 Å². The number of aliphatic hydroxyl groups excluding tert-OH is 2. The molecule has 0 aliphatic rings. The van der Waals surface area contributed by atoms with Crippen LogP contribution in [0.25, 0.3) is 11.2 Å². The fourth-order valence-electron chi connectivity index (χ4n) is 1.54. The van der Waals surface area contributed by atoms with Crippen LogP contribution in [0.2, 0.25) is 0 Å². The van der Waals surface area contributed by atoms with Crippen LogP contribution < -0.4 is 0 Å². The molecule has 2 aromatic heterocycles. The van der Waals surface area contributed by atoms with E-state index in [0.29, 0.717) is 13.0 Å². The van der Waals surface area contributed by atoms with E-state index in [-0.39, 0.29) is 19.1 Å². The summed E-state index contributed by atoms with van der Waals surface area (Å²) in [6.07, 6.45) is 5.54. The van der Waals surface area contributed by atoms with Gasteiger partial charge in [0.15, 0.2) is 5.65 Å². The van der Waals surface area contributed by atoms with E-state index in [0.717, 1.165) is 11.2 Å². The molecule has 2 N–H and O–H groups in total. The number of fused-ring (bicyclic) bond motifs is 1. The molecule has 0 saturated heterocycles. The maximum absolute atomic E-state index is 8.96. The minimum atomic E-state index is -0.0840. The van der Waals surface area contributed by atoms with Gasteiger partial charge in [-0.3, -0.25) is 0 Å². The van der Waals surface area contributed by atoms with E-state index in [2.05, 4.69) is 15.0 Å². The first-order valence-electron chi connectivity index (χ1n) is 5.17. The number of aliphatic hydroxyl groups is 2. The minimum Gasteiger partial charge on any atom is -0.396 e. The average molecular weight is 222 g/mol. The molecule has 0 aromatic carbocycles. The third-order valence-corrected chi connectivity index (χ3v) is 2.58. The lowest BCUT2D eigenvalue weighted by atomic mass is 10.1. The van der Waals surface area contributed by atoms with E-state index in [1.807, 2.05) is 4.57 Å². The van der Waals surface area contributed by atoms with Crippen molar-refractivity contribution < 1.29 is 10.2 Å². The van der Waals surface area contributed by atoms with Crippen LogP contribution in [-0.2, 0) is 6.54 Å². The summed E-state index contributed by atoms with van der Waals surface area (Å²) in [5, 5.41) is 17.9. The Bertz CT molecular complexity index is 453. The van der Waals surface area contributed by atoms with Gasteiger partial charge >= 0.3 is 0 Å². The maximum Gasteiger partial charge on any atom is 0.163 e. The van der Waals surface area contributed by atoms with Gasteiger partial charge in [-0.05, 0) is 6.42 Å². The predicted octanol–water partition coefficient (Wildman–Crippen LogP) is -0.183. The molecule has 0 fully saturated rings. The Hall–Kier alpha value is -1.53. The monoisotopic (exact) mass is 222 g/mol. The van der Waals surface area contributed by atoms with Crippen molar-refractivity contribution in [3.63, 3.8) is 0 Å². The first kappa shape index (κ1) is 11.0. The summed E-state index contributed by atoms with van der Waals surface area (Å²) in [4.78, 5) is 12.2. The molecule has 0 bridgehead atoms. The van der Waals surface area contributed by atoms with Crippen molar-refractivity contribution in [2.45, 2.75) is 13.0 Å². The molecule has 2 rings (SSSR count). The van der Waals surface area contributed by atoms with Crippen LogP contribution in [0.5, 0.6) is 0 Å². The second kappa shape index (κ2) is 5.00. The molecule has 6 heteroatoms. The van der Waals surface area contributed by atoms with E-state index in [4.69, 9.17) is 10.2 Å². The topological polar surface area (TPSA) is 84.1 Å². The van der Waals surface area contributed by atoms with Gasteiger partial charge in [-0.25, -0.2) is 15.0 Å². The second-order valence-electron chi connectivity index (χ2n) is 3.69. The highest BCUT2D eigenvalue weighted by Gasteiger charge is 2.08. The number of nitrogens with zero attached hydrogens (tertiary/aromatic N) is 4. The molecule has 0 atom stereocenters. The van der Waals surface area contributed by atoms with Gasteiger partial charge in [0.2, 0.25) is 0 Å². The summed E-state index contributed by atoms with van der Waals surface area (Å²) >= 11 is 0. The van der Waals surface area contributed by atoms with Crippen molar-refractivity contribution in [1.29, 1.82) is 0 Å². The van der Waals surface area contributed by atoms with Crippen LogP contribution in [0.3, 0.4) is 0 Å². The Kier molecular flexibility index (Phi) is 3.43. The highest BCUT2D eigenvalue weighted by Crippen LogP contribution is 2.10. The largest absolute Gasteiger partial charge is 0.396 e. The third-order valence-electron chi connectivity index (χ3n) is 2.58. The summed E-state index contributed by atoms with van der Waals surface area (Å²) in [6, 6.07) is 0. The standard InChI is InChI=1S/C10H14N4O2/c15-4-8(5-16)1-2-14-7-13-9-3-11-6-12-10(9)14/h3,6-8,15-16H,1-2,4-5H2. The molecule has 0 aliphatic heterocycles. The van der Waals surface area contributed by atoms with E-state index in [1.165, 1.54) is 6.33 Å². The zero-order chi connectivity index (χ0) is 11.4. The summed E-state index contributed by atoms with van der Waals surface area (Å²) in [7, 11) is 0. The normalized spacial score (nSPS) is 11.4. The average Bonchev–Trinajstić information content (AvgIpc) is 2.74. The van der Waals surface area contributed by atoms with Gasteiger partial charge in [-0.15, -0.1) is 0 Å². The van der Waals surface area contributed by atoms with Crippen LogP contribution in [0.15, 0.2) is 18.9 Å². The highest BCUT2D eigenvalue weighted by atomic mass is 16.3. The number of aromatic nitrogens is 4. The third kappa shape index (κ3) is 2.17. The van der Waals surface area contributed by atoms with Crippen LogP contribution in [0.1, 0.15) is 6.42 Å². The fourth-order valence-corrected chi connectivity index (χ4v) is 1.54. The molecule has 86 valence electrons. The van der Waals surface area contributed by atoms with Crippen molar-refractivity contribution in [1.82, 2.24) is 19.5 Å². The smallest absolute Gasteiger partial charge is 0.163 e. The van der Waals surface area contributed by atoms with Crippen LogP contribution in [0, 0.1) is 5.92 Å². The molecule has 2 aromatic rings. The summed E-state index contributed by atoms with van der Waals surface area (Å²) < 4.78 is 1.90. The zero-order valence-electron chi connectivity index (χ0n) is 8.82. The molecule has 6 nitrogen and oxygen atoms in total. The number of imidazole rings is 1. The fraction of sp³-hybridized carbons (Fsp3) is 0.500. The van der Waals surface area contributed by atoms with Gasteiger partial charge in [0, 0.05) is 25.7 Å². The maximum atomic E-state index is 8.96. The molecule has 2 heterocycles. The predicted molar refractivity (Wildman–Crippen MR) is 57.6 cm³/mol. The Labute approximate surface area is 92.6 Å². The van der Waals surface area contributed by atoms with Gasteiger partial charge < -0.3 is 14.8 Å². The van der Waals surface area contributed by atoms with Crippen LogP contribution in [-0.4, -0.2) is 42.9 Å². The lowest BCUT2D eigenvalue weighted by Crippen LogP contribution is -2.14. The lowest BCUT2D eigenvalue weighted by Gasteiger charge is -2.10. The summed E-state index contributed by atoms with van der Waals surface area (Å²) in [5.74, 6) is -0.0840. The molecule has 0 unspecified atom stereocenters. The van der Waals surface area contributed by atoms with Gasteiger partial charge in [0.05, 0.1) is 12.5 Å². The van der Waals surface area contributed by atoms with Crippen molar-refractivity contribution in [2.24, 2.45) is 5.92 Å². The van der Waals surface area contributed by atoms with E-state index >= 15 is 0 Å². The molecule has 0 saturated carbocycles. The Morgan fingerprint density at radius 2 is 2.06 bits per heavy atom. The quantitative estimate of drug-likeness (QED) is 0.733. The summed E-state index contributed by atoms with van der Waals surface area (Å²) in [6.45, 7) is 0.676. The molecule has 0 radical (unpaired) electrons. The summed E-state index contributed by atoms with van der Waals surface area (Å²) in [5.41, 5.74) is 1.54. The van der Waals surface area contributed by atoms with Crippen LogP contribution in [0.4, 0.5) is 0 Å². The minimum absolute atomic E-state index is 0.00187. The highest BCUT2D eigenvalue weighted by molar-refractivity contribution is 5.68. The zero-order valence-corrected chi connectivity index (χ0v) is 8.82.